The molecule has 0 spiro atoms. The van der Waals surface area contributed by atoms with Crippen molar-refractivity contribution in [3.8, 4) is 0 Å². The summed E-state index contributed by atoms with van der Waals surface area (Å²) in [6, 6.07) is 10.7. The van der Waals surface area contributed by atoms with Crippen LogP contribution in [0.3, 0.4) is 0 Å². The average Bonchev–Trinajstić information content (AvgIpc) is 2.41. The molecule has 0 aliphatic carbocycles. The molecule has 2 N–H and O–H groups in total. The maximum absolute atomic E-state index is 12.0. The van der Waals surface area contributed by atoms with Gasteiger partial charge in [-0.05, 0) is 25.5 Å². The number of aryl methyl sites for hydroxylation is 2. The first-order valence-electron chi connectivity index (χ1n) is 6.05. The second-order valence-corrected chi connectivity index (χ2v) is 4.45. The maximum Gasteiger partial charge on any atom is 0.211 e. The predicted octanol–water partition coefficient (Wildman–Crippen LogP) is 2.31. The van der Waals surface area contributed by atoms with Crippen molar-refractivity contribution in [2.45, 2.75) is 20.1 Å². The summed E-state index contributed by atoms with van der Waals surface area (Å²) < 4.78 is 0. The number of aliphatic hydroxyl groups excluding tert-OH is 1. The molecule has 0 fully saturated rings. The van der Waals surface area contributed by atoms with Crippen LogP contribution in [0.4, 0.5) is 5.82 Å². The molecule has 1 heterocycles. The monoisotopic (exact) mass is 256 g/mol. The number of hydrogen-bond donors (Lipinski definition) is 2. The van der Waals surface area contributed by atoms with E-state index < -0.39 is 6.23 Å². The number of aliphatic hydroxyl groups is 1. The summed E-state index contributed by atoms with van der Waals surface area (Å²) >= 11 is 0. The molecule has 0 radical (unpaired) electrons. The summed E-state index contributed by atoms with van der Waals surface area (Å²) in [5, 5.41) is 12.6. The van der Waals surface area contributed by atoms with E-state index in [4.69, 9.17) is 0 Å². The quantitative estimate of drug-likeness (QED) is 0.651. The molecule has 0 saturated heterocycles. The predicted molar refractivity (Wildman–Crippen MR) is 74.1 cm³/mol. The Kier molecular flexibility index (Phi) is 3.92. The van der Waals surface area contributed by atoms with E-state index in [9.17, 15) is 9.90 Å². The van der Waals surface area contributed by atoms with Gasteiger partial charge in [-0.2, -0.15) is 0 Å². The summed E-state index contributed by atoms with van der Waals surface area (Å²) in [6.45, 7) is 3.80. The van der Waals surface area contributed by atoms with Crippen LogP contribution in [0.1, 0.15) is 21.5 Å². The Morgan fingerprint density at radius 2 is 1.89 bits per heavy atom. The molecule has 2 aromatic rings. The first-order chi connectivity index (χ1) is 9.08. The normalized spacial score (nSPS) is 11.9. The number of Topliss-reactive ketones (excluding diaryl/α,β-unsaturated/α-hetero) is 1. The number of anilines is 1. The van der Waals surface area contributed by atoms with Crippen LogP contribution in [0, 0.1) is 13.8 Å². The lowest BCUT2D eigenvalue weighted by molar-refractivity contribution is 0.0793. The van der Waals surface area contributed by atoms with E-state index in [1.54, 1.807) is 24.4 Å². The van der Waals surface area contributed by atoms with Gasteiger partial charge in [-0.3, -0.25) is 4.79 Å². The van der Waals surface area contributed by atoms with Crippen molar-refractivity contribution >= 4 is 11.6 Å². The molecule has 0 saturated carbocycles. The van der Waals surface area contributed by atoms with Gasteiger partial charge in [-0.15, -0.1) is 0 Å². The number of aromatic nitrogens is 1. The van der Waals surface area contributed by atoms with Crippen LogP contribution < -0.4 is 5.32 Å². The van der Waals surface area contributed by atoms with Crippen molar-refractivity contribution in [3.05, 3.63) is 59.3 Å². The number of nitrogens with zero attached hydrogens (tertiary/aromatic N) is 1. The lowest BCUT2D eigenvalue weighted by Crippen LogP contribution is -2.29. The van der Waals surface area contributed by atoms with Crippen LogP contribution in [-0.2, 0) is 0 Å². The highest BCUT2D eigenvalue weighted by molar-refractivity contribution is 6.00. The minimum atomic E-state index is -1.30. The minimum absolute atomic E-state index is 0.370. The average molecular weight is 256 g/mol. The van der Waals surface area contributed by atoms with Gasteiger partial charge in [0.15, 0.2) is 6.23 Å². The molecule has 0 amide bonds. The fourth-order valence-corrected chi connectivity index (χ4v) is 1.71. The number of ketones is 1. The molecule has 19 heavy (non-hydrogen) atoms. The lowest BCUT2D eigenvalue weighted by atomic mass is 10.1. The molecule has 98 valence electrons. The third-order valence-electron chi connectivity index (χ3n) is 2.87. The van der Waals surface area contributed by atoms with Gasteiger partial charge >= 0.3 is 0 Å². The summed E-state index contributed by atoms with van der Waals surface area (Å²) in [5.41, 5.74) is 2.41. The summed E-state index contributed by atoms with van der Waals surface area (Å²) in [5.74, 6) is 0.139. The zero-order valence-electron chi connectivity index (χ0n) is 10.9. The van der Waals surface area contributed by atoms with Crippen molar-refractivity contribution in [2.24, 2.45) is 0 Å². The lowest BCUT2D eigenvalue weighted by Gasteiger charge is -2.14. The Hall–Kier alpha value is -2.20. The molecule has 0 bridgehead atoms. The topological polar surface area (TPSA) is 62.2 Å². The van der Waals surface area contributed by atoms with Crippen molar-refractivity contribution in [1.82, 2.24) is 4.98 Å². The van der Waals surface area contributed by atoms with Crippen LogP contribution in [-0.4, -0.2) is 22.1 Å². The highest BCUT2D eigenvalue weighted by atomic mass is 16.3. The van der Waals surface area contributed by atoms with E-state index in [0.29, 0.717) is 11.4 Å². The minimum Gasteiger partial charge on any atom is -0.367 e. The van der Waals surface area contributed by atoms with Crippen molar-refractivity contribution in [3.63, 3.8) is 0 Å². The van der Waals surface area contributed by atoms with Gasteiger partial charge in [0, 0.05) is 11.8 Å². The Labute approximate surface area is 112 Å². The highest BCUT2D eigenvalue weighted by Gasteiger charge is 2.17. The fourth-order valence-electron chi connectivity index (χ4n) is 1.71. The Bertz CT molecular complexity index is 579. The first kappa shape index (κ1) is 13.2. The maximum atomic E-state index is 12.0. The molecule has 1 aromatic heterocycles. The van der Waals surface area contributed by atoms with Crippen LogP contribution in [0.2, 0.25) is 0 Å². The molecule has 0 aliphatic rings. The van der Waals surface area contributed by atoms with Crippen LogP contribution in [0.5, 0.6) is 0 Å². The number of hydrogen-bond acceptors (Lipinski definition) is 4. The summed E-state index contributed by atoms with van der Waals surface area (Å²) in [4.78, 5) is 16.1. The number of nitrogens with one attached hydrogen (secondary N) is 1. The number of benzene rings is 1. The Morgan fingerprint density at radius 3 is 2.53 bits per heavy atom. The van der Waals surface area contributed by atoms with Crippen molar-refractivity contribution < 1.29 is 9.90 Å². The third kappa shape index (κ3) is 3.17. The Balaban J connectivity index is 2.12. The number of pyridine rings is 1. The summed E-state index contributed by atoms with van der Waals surface area (Å²) in [6.07, 6.45) is 0.314. The number of carbonyl (C=O) groups is 1. The molecular formula is C15H16N2O2. The van der Waals surface area contributed by atoms with E-state index >= 15 is 0 Å². The highest BCUT2D eigenvalue weighted by Crippen LogP contribution is 2.12. The standard InChI is InChI=1S/C15H16N2O2/c1-10-5-7-12(8-6-10)13(18)15(19)17-14-11(2)4-3-9-16-14/h3-9,15,19H,1-2H3,(H,16,17). The van der Waals surface area contributed by atoms with Gasteiger partial charge in [0.2, 0.25) is 5.78 Å². The van der Waals surface area contributed by atoms with E-state index in [2.05, 4.69) is 10.3 Å². The van der Waals surface area contributed by atoms with Crippen molar-refractivity contribution in [1.29, 1.82) is 0 Å². The molecule has 4 heteroatoms. The van der Waals surface area contributed by atoms with E-state index in [1.807, 2.05) is 32.0 Å². The molecule has 4 nitrogen and oxygen atoms in total. The zero-order chi connectivity index (χ0) is 13.8. The molecule has 1 aromatic carbocycles. The van der Waals surface area contributed by atoms with Gasteiger partial charge in [0.1, 0.15) is 5.82 Å². The second kappa shape index (κ2) is 5.63. The van der Waals surface area contributed by atoms with E-state index in [-0.39, 0.29) is 5.78 Å². The summed E-state index contributed by atoms with van der Waals surface area (Å²) in [7, 11) is 0. The third-order valence-corrected chi connectivity index (χ3v) is 2.87. The molecule has 0 aliphatic heterocycles. The van der Waals surface area contributed by atoms with Gasteiger partial charge in [-0.1, -0.05) is 35.9 Å². The van der Waals surface area contributed by atoms with Crippen LogP contribution in [0.15, 0.2) is 42.6 Å². The van der Waals surface area contributed by atoms with E-state index in [1.165, 1.54) is 0 Å². The zero-order valence-corrected chi connectivity index (χ0v) is 10.9. The molecule has 1 atom stereocenters. The number of carbonyl (C=O) groups excluding carboxylic acids is 1. The van der Waals surface area contributed by atoms with Crippen LogP contribution >= 0.6 is 0 Å². The Morgan fingerprint density at radius 1 is 1.21 bits per heavy atom. The van der Waals surface area contributed by atoms with E-state index in [0.717, 1.165) is 11.1 Å². The smallest absolute Gasteiger partial charge is 0.211 e. The molecule has 2 rings (SSSR count). The van der Waals surface area contributed by atoms with Gasteiger partial charge in [0.05, 0.1) is 0 Å². The fraction of sp³-hybridized carbons (Fsp3) is 0.200. The van der Waals surface area contributed by atoms with Crippen molar-refractivity contribution in [2.75, 3.05) is 5.32 Å². The van der Waals surface area contributed by atoms with Crippen LogP contribution in [0.25, 0.3) is 0 Å². The van der Waals surface area contributed by atoms with Gasteiger partial charge in [0.25, 0.3) is 0 Å². The largest absolute Gasteiger partial charge is 0.367 e. The molecular weight excluding hydrogens is 240 g/mol. The van der Waals surface area contributed by atoms with Gasteiger partial charge < -0.3 is 10.4 Å². The van der Waals surface area contributed by atoms with Gasteiger partial charge in [-0.25, -0.2) is 4.98 Å². The molecule has 1 unspecified atom stereocenters. The number of rotatable bonds is 4. The SMILES string of the molecule is Cc1ccc(C(=O)C(O)Nc2ncccc2C)cc1. The second-order valence-electron chi connectivity index (χ2n) is 4.45. The first-order valence-corrected chi connectivity index (χ1v) is 6.05.